The van der Waals surface area contributed by atoms with Crippen LogP contribution in [0.2, 0.25) is 0 Å². The highest BCUT2D eigenvalue weighted by atomic mass is 16.2. The van der Waals surface area contributed by atoms with Gasteiger partial charge in [-0.1, -0.05) is 20.8 Å². The van der Waals surface area contributed by atoms with Crippen LogP contribution in [0.25, 0.3) is 0 Å². The minimum absolute atomic E-state index is 0.0235. The van der Waals surface area contributed by atoms with Crippen LogP contribution in [0.4, 0.5) is 0 Å². The van der Waals surface area contributed by atoms with E-state index in [1.54, 1.807) is 17.2 Å². The van der Waals surface area contributed by atoms with E-state index in [4.69, 9.17) is 0 Å². The predicted octanol–water partition coefficient (Wildman–Crippen LogP) is 1.27. The number of hydrogen-bond donors (Lipinski definition) is 1. The molecule has 1 unspecified atom stereocenters. The average Bonchev–Trinajstić information content (AvgIpc) is 2.52. The van der Waals surface area contributed by atoms with Crippen LogP contribution in [0, 0.1) is 0 Å². The predicted molar refractivity (Wildman–Crippen MR) is 78.1 cm³/mol. The molecule has 6 nitrogen and oxygen atoms in total. The number of aromatic nitrogens is 2. The molecule has 2 rings (SSSR count). The van der Waals surface area contributed by atoms with E-state index in [0.29, 0.717) is 31.5 Å². The first-order valence-electron chi connectivity index (χ1n) is 7.47. The van der Waals surface area contributed by atoms with Gasteiger partial charge in [0.2, 0.25) is 11.8 Å². The molecule has 1 aliphatic rings. The van der Waals surface area contributed by atoms with Gasteiger partial charge >= 0.3 is 0 Å². The Morgan fingerprint density at radius 3 is 2.52 bits per heavy atom. The highest BCUT2D eigenvalue weighted by molar-refractivity contribution is 5.99. The lowest BCUT2D eigenvalue weighted by Crippen LogP contribution is -2.69. The Hall–Kier alpha value is -1.98. The summed E-state index contributed by atoms with van der Waals surface area (Å²) in [4.78, 5) is 26.9. The van der Waals surface area contributed by atoms with E-state index in [0.717, 1.165) is 0 Å². The summed E-state index contributed by atoms with van der Waals surface area (Å²) in [6.45, 7) is 6.08. The molecular weight excluding hydrogens is 268 g/mol. The van der Waals surface area contributed by atoms with Crippen molar-refractivity contribution in [3.8, 4) is 0 Å². The monoisotopic (exact) mass is 290 g/mol. The van der Waals surface area contributed by atoms with Crippen molar-refractivity contribution in [1.29, 1.82) is 0 Å². The Morgan fingerprint density at radius 1 is 1.29 bits per heavy atom. The van der Waals surface area contributed by atoms with E-state index in [9.17, 15) is 9.59 Å². The Morgan fingerprint density at radius 2 is 2.00 bits per heavy atom. The first-order chi connectivity index (χ1) is 10.1. The molecule has 1 aromatic rings. The van der Waals surface area contributed by atoms with Crippen molar-refractivity contribution in [2.24, 2.45) is 0 Å². The molecule has 1 aliphatic heterocycles. The zero-order chi connectivity index (χ0) is 15.5. The number of nitrogens with zero attached hydrogens (tertiary/aromatic N) is 3. The molecule has 0 aliphatic carbocycles. The van der Waals surface area contributed by atoms with E-state index in [1.165, 1.54) is 0 Å². The summed E-state index contributed by atoms with van der Waals surface area (Å²) in [5.41, 5.74) is -0.0922. The molecule has 114 valence electrons. The zero-order valence-electron chi connectivity index (χ0n) is 12.8. The molecule has 21 heavy (non-hydrogen) atoms. The SMILES string of the molecule is CCC1C(=O)NC(CC)(CC)C(=O)N1Cc1cccnn1. The minimum atomic E-state index is -0.787. The lowest BCUT2D eigenvalue weighted by atomic mass is 9.86. The quantitative estimate of drug-likeness (QED) is 0.886. The van der Waals surface area contributed by atoms with Crippen LogP contribution in [0.15, 0.2) is 18.3 Å². The fourth-order valence-electron chi connectivity index (χ4n) is 2.84. The molecule has 6 heteroatoms. The van der Waals surface area contributed by atoms with Crippen molar-refractivity contribution >= 4 is 11.8 Å². The number of nitrogens with one attached hydrogen (secondary N) is 1. The number of carbonyl (C=O) groups excluding carboxylic acids is 2. The van der Waals surface area contributed by atoms with Crippen LogP contribution >= 0.6 is 0 Å². The molecule has 0 radical (unpaired) electrons. The highest BCUT2D eigenvalue weighted by Gasteiger charge is 2.48. The molecule has 1 atom stereocenters. The topological polar surface area (TPSA) is 75.2 Å². The van der Waals surface area contributed by atoms with Gasteiger partial charge in [-0.05, 0) is 31.4 Å². The van der Waals surface area contributed by atoms with E-state index in [2.05, 4.69) is 15.5 Å². The standard InChI is InChI=1S/C15H22N4O2/c1-4-12-13(20)17-15(5-2,6-3)14(21)19(12)10-11-8-7-9-16-18-11/h7-9,12H,4-6,10H2,1-3H3,(H,17,20). The molecular formula is C15H22N4O2. The summed E-state index contributed by atoms with van der Waals surface area (Å²) < 4.78 is 0. The Kier molecular flexibility index (Phi) is 4.55. The van der Waals surface area contributed by atoms with Crippen molar-refractivity contribution in [3.63, 3.8) is 0 Å². The summed E-state index contributed by atoms with van der Waals surface area (Å²) in [6, 6.07) is 3.16. The van der Waals surface area contributed by atoms with Crippen LogP contribution in [0.1, 0.15) is 45.7 Å². The molecule has 2 amide bonds. The Labute approximate surface area is 124 Å². The molecule has 0 aromatic carbocycles. The first kappa shape index (κ1) is 15.4. The molecule has 1 aromatic heterocycles. The van der Waals surface area contributed by atoms with E-state index >= 15 is 0 Å². The van der Waals surface area contributed by atoms with Gasteiger partial charge in [-0.2, -0.15) is 10.2 Å². The van der Waals surface area contributed by atoms with Gasteiger partial charge in [-0.25, -0.2) is 0 Å². The molecule has 1 saturated heterocycles. The number of carbonyl (C=O) groups is 2. The van der Waals surface area contributed by atoms with Gasteiger partial charge in [0.05, 0.1) is 12.2 Å². The van der Waals surface area contributed by atoms with Gasteiger partial charge in [-0.3, -0.25) is 9.59 Å². The van der Waals surface area contributed by atoms with Gasteiger partial charge < -0.3 is 10.2 Å². The summed E-state index contributed by atoms with van der Waals surface area (Å²) >= 11 is 0. The third-order valence-electron chi connectivity index (χ3n) is 4.27. The Bertz CT molecular complexity index is 514. The van der Waals surface area contributed by atoms with Gasteiger partial charge in [-0.15, -0.1) is 0 Å². The minimum Gasteiger partial charge on any atom is -0.340 e. The smallest absolute Gasteiger partial charge is 0.249 e. The third kappa shape index (κ3) is 2.75. The van der Waals surface area contributed by atoms with E-state index in [1.807, 2.05) is 26.8 Å². The lowest BCUT2D eigenvalue weighted by molar-refractivity contribution is -0.156. The molecule has 0 spiro atoms. The summed E-state index contributed by atoms with van der Waals surface area (Å²) in [6.07, 6.45) is 3.35. The van der Waals surface area contributed by atoms with Crippen molar-refractivity contribution in [3.05, 3.63) is 24.0 Å². The molecule has 0 saturated carbocycles. The maximum atomic E-state index is 12.9. The normalized spacial score (nSPS) is 21.3. The fraction of sp³-hybridized carbons (Fsp3) is 0.600. The van der Waals surface area contributed by atoms with E-state index < -0.39 is 11.6 Å². The number of amides is 2. The van der Waals surface area contributed by atoms with Crippen LogP contribution in [-0.2, 0) is 16.1 Å². The van der Waals surface area contributed by atoms with Crippen molar-refractivity contribution in [2.75, 3.05) is 0 Å². The second kappa shape index (κ2) is 6.20. The third-order valence-corrected chi connectivity index (χ3v) is 4.27. The second-order valence-corrected chi connectivity index (χ2v) is 5.35. The number of piperazine rings is 1. The fourth-order valence-corrected chi connectivity index (χ4v) is 2.84. The number of hydrogen-bond acceptors (Lipinski definition) is 4. The maximum Gasteiger partial charge on any atom is 0.249 e. The van der Waals surface area contributed by atoms with Crippen molar-refractivity contribution in [1.82, 2.24) is 20.4 Å². The lowest BCUT2D eigenvalue weighted by Gasteiger charge is -2.45. The summed E-state index contributed by atoms with van der Waals surface area (Å²) in [7, 11) is 0. The van der Waals surface area contributed by atoms with Crippen LogP contribution < -0.4 is 5.32 Å². The van der Waals surface area contributed by atoms with Crippen molar-refractivity contribution in [2.45, 2.75) is 58.2 Å². The molecule has 0 bridgehead atoms. The number of rotatable bonds is 5. The highest BCUT2D eigenvalue weighted by Crippen LogP contribution is 2.27. The maximum absolute atomic E-state index is 12.9. The first-order valence-corrected chi connectivity index (χ1v) is 7.47. The largest absolute Gasteiger partial charge is 0.340 e. The van der Waals surface area contributed by atoms with E-state index in [-0.39, 0.29) is 11.8 Å². The van der Waals surface area contributed by atoms with Crippen LogP contribution in [0.5, 0.6) is 0 Å². The Balaban J connectivity index is 2.33. The van der Waals surface area contributed by atoms with Gasteiger partial charge in [0.1, 0.15) is 11.6 Å². The summed E-state index contributed by atoms with van der Waals surface area (Å²) in [5.74, 6) is -0.103. The summed E-state index contributed by atoms with van der Waals surface area (Å²) in [5, 5.41) is 10.8. The van der Waals surface area contributed by atoms with Gasteiger partial charge in [0.25, 0.3) is 0 Å². The van der Waals surface area contributed by atoms with Crippen LogP contribution in [-0.4, -0.2) is 38.5 Å². The van der Waals surface area contributed by atoms with Crippen molar-refractivity contribution < 1.29 is 9.59 Å². The molecule has 1 fully saturated rings. The van der Waals surface area contributed by atoms with Gasteiger partial charge in [0.15, 0.2) is 0 Å². The second-order valence-electron chi connectivity index (χ2n) is 5.35. The average molecular weight is 290 g/mol. The van der Waals surface area contributed by atoms with Gasteiger partial charge in [0, 0.05) is 6.20 Å². The zero-order valence-corrected chi connectivity index (χ0v) is 12.8. The molecule has 1 N–H and O–H groups in total. The molecule has 2 heterocycles. The van der Waals surface area contributed by atoms with Crippen LogP contribution in [0.3, 0.4) is 0 Å².